The number of amides is 1. The molecule has 90 valence electrons. The second-order valence-corrected chi connectivity index (χ2v) is 3.55. The van der Waals surface area contributed by atoms with E-state index in [1.807, 2.05) is 24.3 Å². The zero-order valence-corrected chi connectivity index (χ0v) is 9.64. The molecular formula is C13H15NO3. The molecule has 0 spiro atoms. The van der Waals surface area contributed by atoms with E-state index in [0.29, 0.717) is 13.0 Å². The van der Waals surface area contributed by atoms with Crippen LogP contribution >= 0.6 is 0 Å². The molecule has 1 rings (SSSR count). The highest BCUT2D eigenvalue weighted by atomic mass is 16.4. The van der Waals surface area contributed by atoms with E-state index in [2.05, 4.69) is 5.32 Å². The molecule has 1 amide bonds. The van der Waals surface area contributed by atoms with Crippen molar-refractivity contribution in [2.45, 2.75) is 19.9 Å². The van der Waals surface area contributed by atoms with Crippen LogP contribution in [0.2, 0.25) is 0 Å². The lowest BCUT2D eigenvalue weighted by Crippen LogP contribution is -2.21. The molecule has 0 aromatic heterocycles. The number of benzene rings is 1. The Morgan fingerprint density at radius 2 is 2.18 bits per heavy atom. The van der Waals surface area contributed by atoms with E-state index in [1.165, 1.54) is 6.08 Å². The Bertz CT molecular complexity index is 438. The molecule has 4 nitrogen and oxygen atoms in total. The van der Waals surface area contributed by atoms with Crippen LogP contribution in [-0.2, 0) is 16.1 Å². The van der Waals surface area contributed by atoms with Gasteiger partial charge in [-0.3, -0.25) is 4.79 Å². The van der Waals surface area contributed by atoms with Gasteiger partial charge in [-0.25, -0.2) is 4.79 Å². The number of aliphatic carboxylic acids is 1. The monoisotopic (exact) mass is 233 g/mol. The molecule has 0 saturated heterocycles. The van der Waals surface area contributed by atoms with Gasteiger partial charge in [0.1, 0.15) is 0 Å². The maximum Gasteiger partial charge on any atom is 0.328 e. The van der Waals surface area contributed by atoms with Gasteiger partial charge in [0.25, 0.3) is 0 Å². The van der Waals surface area contributed by atoms with E-state index < -0.39 is 5.97 Å². The first kappa shape index (κ1) is 13.0. The number of carbonyl (C=O) groups is 2. The molecule has 0 bridgehead atoms. The Balaban J connectivity index is 2.65. The molecule has 4 heteroatoms. The lowest BCUT2D eigenvalue weighted by atomic mass is 10.1. The third-order valence-electron chi connectivity index (χ3n) is 2.18. The van der Waals surface area contributed by atoms with Gasteiger partial charge in [-0.1, -0.05) is 25.1 Å². The summed E-state index contributed by atoms with van der Waals surface area (Å²) in [6, 6.07) is 7.36. The van der Waals surface area contributed by atoms with Gasteiger partial charge in [-0.05, 0) is 23.3 Å². The van der Waals surface area contributed by atoms with Gasteiger partial charge in [0, 0.05) is 19.0 Å². The SMILES string of the molecule is CCC(=O)NCc1cccc(C=CC(=O)O)c1. The van der Waals surface area contributed by atoms with Crippen molar-refractivity contribution in [1.29, 1.82) is 0 Å². The standard InChI is InChI=1S/C13H15NO3/c1-2-12(15)14-9-11-5-3-4-10(8-11)6-7-13(16)17/h3-8H,2,9H2,1H3,(H,14,15)(H,16,17). The fourth-order valence-electron chi connectivity index (χ4n) is 1.30. The Morgan fingerprint density at radius 1 is 1.41 bits per heavy atom. The summed E-state index contributed by atoms with van der Waals surface area (Å²) in [5.74, 6) is -0.980. The van der Waals surface area contributed by atoms with E-state index >= 15 is 0 Å². The number of hydrogen-bond acceptors (Lipinski definition) is 2. The van der Waals surface area contributed by atoms with E-state index in [9.17, 15) is 9.59 Å². The molecule has 0 aliphatic carbocycles. The lowest BCUT2D eigenvalue weighted by Gasteiger charge is -2.04. The van der Waals surface area contributed by atoms with Crippen LogP contribution in [0.1, 0.15) is 24.5 Å². The normalized spacial score (nSPS) is 10.4. The van der Waals surface area contributed by atoms with Gasteiger partial charge in [0.15, 0.2) is 0 Å². The van der Waals surface area contributed by atoms with Crippen molar-refractivity contribution in [1.82, 2.24) is 5.32 Å². The van der Waals surface area contributed by atoms with Crippen LogP contribution < -0.4 is 5.32 Å². The van der Waals surface area contributed by atoms with Crippen LogP contribution in [0.25, 0.3) is 6.08 Å². The molecule has 0 radical (unpaired) electrons. The van der Waals surface area contributed by atoms with E-state index in [-0.39, 0.29) is 5.91 Å². The van der Waals surface area contributed by atoms with Crippen LogP contribution in [0.4, 0.5) is 0 Å². The topological polar surface area (TPSA) is 66.4 Å². The molecule has 0 fully saturated rings. The van der Waals surface area contributed by atoms with Crippen molar-refractivity contribution in [3.63, 3.8) is 0 Å². The first-order chi connectivity index (χ1) is 8.11. The molecule has 1 aromatic carbocycles. The smallest absolute Gasteiger partial charge is 0.328 e. The van der Waals surface area contributed by atoms with Crippen LogP contribution in [-0.4, -0.2) is 17.0 Å². The second-order valence-electron chi connectivity index (χ2n) is 3.55. The summed E-state index contributed by atoms with van der Waals surface area (Å²) in [6.45, 7) is 2.25. The van der Waals surface area contributed by atoms with Gasteiger partial charge in [-0.2, -0.15) is 0 Å². The summed E-state index contributed by atoms with van der Waals surface area (Å²) in [6.07, 6.45) is 3.07. The number of rotatable bonds is 5. The van der Waals surface area contributed by atoms with E-state index in [0.717, 1.165) is 17.2 Å². The van der Waals surface area contributed by atoms with Crippen molar-refractivity contribution >= 4 is 18.0 Å². The molecule has 17 heavy (non-hydrogen) atoms. The number of nitrogens with one attached hydrogen (secondary N) is 1. The summed E-state index contributed by atoms with van der Waals surface area (Å²) in [5.41, 5.74) is 1.75. The Morgan fingerprint density at radius 3 is 2.82 bits per heavy atom. The quantitative estimate of drug-likeness (QED) is 0.762. The molecule has 0 saturated carbocycles. The molecule has 1 aromatic rings. The van der Waals surface area contributed by atoms with Crippen LogP contribution in [0.3, 0.4) is 0 Å². The van der Waals surface area contributed by atoms with Gasteiger partial charge in [0.2, 0.25) is 5.91 Å². The average Bonchev–Trinajstić information content (AvgIpc) is 2.34. The van der Waals surface area contributed by atoms with E-state index in [1.54, 1.807) is 6.92 Å². The Hall–Kier alpha value is -2.10. The third kappa shape index (κ3) is 4.97. The summed E-state index contributed by atoms with van der Waals surface area (Å²) < 4.78 is 0. The maximum atomic E-state index is 11.1. The van der Waals surface area contributed by atoms with Gasteiger partial charge in [-0.15, -0.1) is 0 Å². The molecule has 0 aliphatic rings. The number of carboxylic acid groups (broad SMARTS) is 1. The highest BCUT2D eigenvalue weighted by molar-refractivity contribution is 5.85. The predicted molar refractivity (Wildman–Crippen MR) is 65.2 cm³/mol. The van der Waals surface area contributed by atoms with Crippen LogP contribution in [0.5, 0.6) is 0 Å². The zero-order chi connectivity index (χ0) is 12.7. The van der Waals surface area contributed by atoms with Crippen molar-refractivity contribution in [2.75, 3.05) is 0 Å². The predicted octanol–water partition coefficient (Wildman–Crippen LogP) is 1.81. The average molecular weight is 233 g/mol. The molecule has 0 heterocycles. The fourth-order valence-corrected chi connectivity index (χ4v) is 1.30. The number of carboxylic acids is 1. The Labute approximate surface area is 100.0 Å². The van der Waals surface area contributed by atoms with Gasteiger partial charge < -0.3 is 10.4 Å². The molecule has 0 unspecified atom stereocenters. The largest absolute Gasteiger partial charge is 0.478 e. The first-order valence-corrected chi connectivity index (χ1v) is 5.38. The van der Waals surface area contributed by atoms with Crippen LogP contribution in [0, 0.1) is 0 Å². The Kier molecular flexibility index (Phi) is 4.94. The van der Waals surface area contributed by atoms with Gasteiger partial charge in [0.05, 0.1) is 0 Å². The first-order valence-electron chi connectivity index (χ1n) is 5.38. The van der Waals surface area contributed by atoms with Crippen molar-refractivity contribution in [3.05, 3.63) is 41.5 Å². The summed E-state index contributed by atoms with van der Waals surface area (Å²) >= 11 is 0. The lowest BCUT2D eigenvalue weighted by molar-refractivity contribution is -0.131. The highest BCUT2D eigenvalue weighted by Gasteiger charge is 1.98. The summed E-state index contributed by atoms with van der Waals surface area (Å²) in [7, 11) is 0. The molecule has 0 aliphatic heterocycles. The second kappa shape index (κ2) is 6.48. The maximum absolute atomic E-state index is 11.1. The van der Waals surface area contributed by atoms with Crippen LogP contribution in [0.15, 0.2) is 30.3 Å². The minimum atomic E-state index is -0.977. The molecular weight excluding hydrogens is 218 g/mol. The number of carbonyl (C=O) groups excluding carboxylic acids is 1. The molecule has 0 atom stereocenters. The van der Waals surface area contributed by atoms with Crippen molar-refractivity contribution in [3.8, 4) is 0 Å². The minimum absolute atomic E-state index is 0.00326. The third-order valence-corrected chi connectivity index (χ3v) is 2.18. The molecule has 2 N–H and O–H groups in total. The summed E-state index contributed by atoms with van der Waals surface area (Å²) in [5, 5.41) is 11.3. The fraction of sp³-hybridized carbons (Fsp3) is 0.231. The van der Waals surface area contributed by atoms with Gasteiger partial charge >= 0.3 is 5.97 Å². The summed E-state index contributed by atoms with van der Waals surface area (Å²) in [4.78, 5) is 21.4. The van der Waals surface area contributed by atoms with E-state index in [4.69, 9.17) is 5.11 Å². The van der Waals surface area contributed by atoms with Crippen molar-refractivity contribution < 1.29 is 14.7 Å². The zero-order valence-electron chi connectivity index (χ0n) is 9.64. The number of hydrogen-bond donors (Lipinski definition) is 2. The van der Waals surface area contributed by atoms with Crippen molar-refractivity contribution in [2.24, 2.45) is 0 Å². The minimum Gasteiger partial charge on any atom is -0.478 e. The highest BCUT2D eigenvalue weighted by Crippen LogP contribution is 2.07.